The van der Waals surface area contributed by atoms with Crippen molar-refractivity contribution in [2.24, 2.45) is 5.92 Å². The summed E-state index contributed by atoms with van der Waals surface area (Å²) in [5.41, 5.74) is 4.44. The fraction of sp³-hybridized carbons (Fsp3) is 0.304. The number of imidazole rings is 1. The van der Waals surface area contributed by atoms with E-state index in [-0.39, 0.29) is 11.9 Å². The molecule has 8 nitrogen and oxygen atoms in total. The first-order valence-electron chi connectivity index (χ1n) is 10.5. The van der Waals surface area contributed by atoms with Crippen LogP contribution >= 0.6 is 0 Å². The van der Waals surface area contributed by atoms with Gasteiger partial charge in [-0.15, -0.1) is 0 Å². The number of amides is 2. The van der Waals surface area contributed by atoms with Crippen LogP contribution in [0.15, 0.2) is 48.9 Å². The second-order valence-electron chi connectivity index (χ2n) is 8.13. The molecule has 8 heteroatoms. The molecule has 31 heavy (non-hydrogen) atoms. The number of benzene rings is 1. The molecule has 5 rings (SSSR count). The van der Waals surface area contributed by atoms with Gasteiger partial charge < -0.3 is 15.2 Å². The van der Waals surface area contributed by atoms with Gasteiger partial charge in [0.15, 0.2) is 5.65 Å². The van der Waals surface area contributed by atoms with Gasteiger partial charge in [0.1, 0.15) is 5.82 Å². The highest BCUT2D eigenvalue weighted by Crippen LogP contribution is 2.33. The molecule has 0 radical (unpaired) electrons. The Kier molecular flexibility index (Phi) is 4.79. The van der Waals surface area contributed by atoms with Gasteiger partial charge >= 0.3 is 6.03 Å². The lowest BCUT2D eigenvalue weighted by molar-refractivity contribution is 0.170. The molecular weight excluding hydrogens is 390 g/mol. The minimum Gasteiger partial charge on any atom is -0.345 e. The Morgan fingerprint density at radius 1 is 1.26 bits per heavy atom. The summed E-state index contributed by atoms with van der Waals surface area (Å²) in [7, 11) is 0. The third-order valence-corrected chi connectivity index (χ3v) is 6.15. The van der Waals surface area contributed by atoms with Crippen LogP contribution < -0.4 is 5.32 Å². The largest absolute Gasteiger partial charge is 0.345 e. The predicted molar refractivity (Wildman–Crippen MR) is 118 cm³/mol. The number of nitrogens with zero attached hydrogens (tertiary/aromatic N) is 5. The number of hydrogen-bond acceptors (Lipinski definition) is 4. The summed E-state index contributed by atoms with van der Waals surface area (Å²) in [4.78, 5) is 27.2. The molecular formula is C23H23N7O. The summed E-state index contributed by atoms with van der Waals surface area (Å²) >= 11 is 0. The number of rotatable bonds is 3. The van der Waals surface area contributed by atoms with Gasteiger partial charge in [-0.2, -0.15) is 5.26 Å². The summed E-state index contributed by atoms with van der Waals surface area (Å²) in [6.45, 7) is 3.54. The summed E-state index contributed by atoms with van der Waals surface area (Å²) in [6.07, 6.45) is 6.83. The van der Waals surface area contributed by atoms with Crippen LogP contribution in [0.4, 0.5) is 10.5 Å². The molecule has 0 bridgehead atoms. The first kappa shape index (κ1) is 19.1. The maximum atomic E-state index is 13.0. The molecule has 3 aromatic heterocycles. The Labute approximate surface area is 179 Å². The number of urea groups is 1. The van der Waals surface area contributed by atoms with Crippen molar-refractivity contribution >= 4 is 28.4 Å². The van der Waals surface area contributed by atoms with Crippen molar-refractivity contribution in [3.63, 3.8) is 0 Å². The highest BCUT2D eigenvalue weighted by molar-refractivity contribution is 5.89. The number of piperidine rings is 1. The quantitative estimate of drug-likeness (QED) is 0.531. The van der Waals surface area contributed by atoms with Gasteiger partial charge in [-0.05, 0) is 36.1 Å². The number of nitrogens with one attached hydrogen (secondary N) is 2. The van der Waals surface area contributed by atoms with Crippen molar-refractivity contribution in [3.05, 3.63) is 60.3 Å². The van der Waals surface area contributed by atoms with Crippen molar-refractivity contribution in [3.8, 4) is 6.07 Å². The van der Waals surface area contributed by atoms with Crippen molar-refractivity contribution in [2.45, 2.75) is 25.7 Å². The molecule has 1 aliphatic rings. The fourth-order valence-corrected chi connectivity index (χ4v) is 4.35. The SMILES string of the molecule is CC1CCN(C(=O)Nc2ccc(CC#N)cc2)CC1c1ncc2cnc3[nH]ccc3n12. The molecule has 2 atom stereocenters. The molecule has 0 saturated carbocycles. The Balaban J connectivity index is 1.38. The number of carbonyl (C=O) groups is 1. The van der Waals surface area contributed by atoms with E-state index < -0.39 is 0 Å². The van der Waals surface area contributed by atoms with Crippen LogP contribution in [0.2, 0.25) is 0 Å². The number of hydrogen-bond donors (Lipinski definition) is 2. The molecule has 1 aromatic carbocycles. The van der Waals surface area contributed by atoms with Crippen molar-refractivity contribution < 1.29 is 4.79 Å². The number of carbonyl (C=O) groups excluding carboxylic acids is 1. The molecule has 0 aliphatic carbocycles. The number of aromatic amines is 1. The zero-order chi connectivity index (χ0) is 21.4. The maximum absolute atomic E-state index is 13.0. The van der Waals surface area contributed by atoms with Crippen LogP contribution in [0, 0.1) is 17.2 Å². The van der Waals surface area contributed by atoms with Crippen LogP contribution in [0.5, 0.6) is 0 Å². The minimum atomic E-state index is -0.112. The van der Waals surface area contributed by atoms with Crippen LogP contribution in [-0.4, -0.2) is 43.4 Å². The standard InChI is InChI=1S/C23H23N7O/c1-15-8-11-29(23(31)28-17-4-2-16(3-5-17)6-9-24)14-19(15)22-27-13-18-12-26-21-20(30(18)22)7-10-25-21/h2-5,7,10,12-13,15,19,25H,6,8,11,14H2,1H3,(H,28,31). The van der Waals surface area contributed by atoms with Gasteiger partial charge in [0.05, 0.1) is 35.9 Å². The summed E-state index contributed by atoms with van der Waals surface area (Å²) in [5.74, 6) is 1.50. The van der Waals surface area contributed by atoms with E-state index in [2.05, 4.69) is 32.7 Å². The zero-order valence-corrected chi connectivity index (χ0v) is 17.2. The average Bonchev–Trinajstić information content (AvgIpc) is 3.42. The smallest absolute Gasteiger partial charge is 0.321 e. The summed E-state index contributed by atoms with van der Waals surface area (Å²) in [5, 5.41) is 11.8. The lowest BCUT2D eigenvalue weighted by atomic mass is 9.86. The van der Waals surface area contributed by atoms with E-state index in [1.54, 1.807) is 0 Å². The van der Waals surface area contributed by atoms with Gasteiger partial charge in [0, 0.05) is 30.9 Å². The third kappa shape index (κ3) is 3.48. The Bertz CT molecular complexity index is 1280. The van der Waals surface area contributed by atoms with Crippen molar-refractivity contribution in [1.82, 2.24) is 24.3 Å². The normalized spacial score (nSPS) is 18.9. The third-order valence-electron chi connectivity index (χ3n) is 6.15. The topological polar surface area (TPSA) is 102 Å². The number of likely N-dealkylation sites (tertiary alicyclic amines) is 1. The van der Waals surface area contributed by atoms with Crippen LogP contribution in [0.1, 0.15) is 30.7 Å². The number of anilines is 1. The number of H-pyrrole nitrogens is 1. The summed E-state index contributed by atoms with van der Waals surface area (Å²) in [6, 6.07) is 11.4. The maximum Gasteiger partial charge on any atom is 0.321 e. The first-order chi connectivity index (χ1) is 15.1. The molecule has 2 unspecified atom stereocenters. The Morgan fingerprint density at radius 3 is 2.87 bits per heavy atom. The molecule has 1 fully saturated rings. The van der Waals surface area contributed by atoms with Gasteiger partial charge in [-0.3, -0.25) is 4.40 Å². The van der Waals surface area contributed by atoms with E-state index in [9.17, 15) is 4.79 Å². The second-order valence-corrected chi connectivity index (χ2v) is 8.13. The molecule has 156 valence electrons. The van der Waals surface area contributed by atoms with Gasteiger partial charge in [-0.25, -0.2) is 14.8 Å². The monoisotopic (exact) mass is 413 g/mol. The number of nitriles is 1. The Hall–Kier alpha value is -3.86. The summed E-state index contributed by atoms with van der Waals surface area (Å²) < 4.78 is 2.15. The number of fused-ring (bicyclic) bond motifs is 3. The fourth-order valence-electron chi connectivity index (χ4n) is 4.35. The van der Waals surface area contributed by atoms with Gasteiger partial charge in [0.2, 0.25) is 0 Å². The van der Waals surface area contributed by atoms with Crippen LogP contribution in [-0.2, 0) is 6.42 Å². The predicted octanol–water partition coefficient (Wildman–Crippen LogP) is 3.93. The van der Waals surface area contributed by atoms with Crippen LogP contribution in [0.25, 0.3) is 16.7 Å². The molecule has 1 saturated heterocycles. The molecule has 2 amide bonds. The van der Waals surface area contributed by atoms with E-state index in [1.165, 1.54) is 0 Å². The molecule has 0 spiro atoms. The van der Waals surface area contributed by atoms with Crippen molar-refractivity contribution in [2.75, 3.05) is 18.4 Å². The lowest BCUT2D eigenvalue weighted by Gasteiger charge is -2.36. The lowest BCUT2D eigenvalue weighted by Crippen LogP contribution is -2.44. The van der Waals surface area contributed by atoms with E-state index >= 15 is 0 Å². The number of aromatic nitrogens is 4. The van der Waals surface area contributed by atoms with Gasteiger partial charge in [-0.1, -0.05) is 19.1 Å². The van der Waals surface area contributed by atoms with Gasteiger partial charge in [0.25, 0.3) is 0 Å². The average molecular weight is 413 g/mol. The van der Waals surface area contributed by atoms with Crippen LogP contribution in [0.3, 0.4) is 0 Å². The minimum absolute atomic E-state index is 0.112. The van der Waals surface area contributed by atoms with E-state index in [0.717, 1.165) is 40.2 Å². The molecule has 2 N–H and O–H groups in total. The highest BCUT2D eigenvalue weighted by atomic mass is 16.2. The van der Waals surface area contributed by atoms with E-state index in [1.807, 2.05) is 53.8 Å². The first-order valence-corrected chi connectivity index (χ1v) is 10.5. The highest BCUT2D eigenvalue weighted by Gasteiger charge is 2.33. The molecule has 4 aromatic rings. The Morgan fingerprint density at radius 2 is 2.06 bits per heavy atom. The van der Waals surface area contributed by atoms with E-state index in [4.69, 9.17) is 10.2 Å². The molecule has 4 heterocycles. The molecule has 1 aliphatic heterocycles. The zero-order valence-electron chi connectivity index (χ0n) is 17.2. The van der Waals surface area contributed by atoms with Crippen molar-refractivity contribution in [1.29, 1.82) is 5.26 Å². The second kappa shape index (κ2) is 7.76. The van der Waals surface area contributed by atoms with E-state index in [0.29, 0.717) is 25.4 Å².